The highest BCUT2D eigenvalue weighted by Gasteiger charge is 2.28. The largest absolute Gasteiger partial charge is 0.480 e. The number of amides is 3. The first-order chi connectivity index (χ1) is 16.8. The van der Waals surface area contributed by atoms with Crippen LogP contribution >= 0.6 is 0 Å². The second-order valence-corrected chi connectivity index (χ2v) is 10.3. The highest BCUT2D eigenvalue weighted by atomic mass is 16.6. The van der Waals surface area contributed by atoms with Crippen LogP contribution < -0.4 is 21.7 Å². The van der Waals surface area contributed by atoms with Crippen molar-refractivity contribution < 1.29 is 29.0 Å². The van der Waals surface area contributed by atoms with Gasteiger partial charge in [-0.3, -0.25) is 9.59 Å². The van der Waals surface area contributed by atoms with Gasteiger partial charge in [-0.2, -0.15) is 0 Å². The third-order valence-corrected chi connectivity index (χ3v) is 5.18. The molecule has 0 saturated carbocycles. The zero-order valence-corrected chi connectivity index (χ0v) is 22.0. The van der Waals surface area contributed by atoms with Gasteiger partial charge in [0.05, 0.1) is 6.04 Å². The lowest BCUT2D eigenvalue weighted by Crippen LogP contribution is -2.55. The number of unbranched alkanes of at least 4 members (excludes halogenated alkanes) is 1. The maximum atomic E-state index is 12.9. The Bertz CT molecular complexity index is 854. The van der Waals surface area contributed by atoms with E-state index in [-0.39, 0.29) is 12.3 Å². The first-order valence-corrected chi connectivity index (χ1v) is 12.4. The third-order valence-electron chi connectivity index (χ3n) is 5.18. The van der Waals surface area contributed by atoms with Crippen molar-refractivity contribution in [2.75, 3.05) is 6.54 Å². The van der Waals surface area contributed by atoms with Crippen molar-refractivity contribution in [3.05, 3.63) is 35.9 Å². The molecule has 0 aromatic heterocycles. The quantitative estimate of drug-likeness (QED) is 0.242. The van der Waals surface area contributed by atoms with Gasteiger partial charge in [0.15, 0.2) is 0 Å². The van der Waals surface area contributed by atoms with Crippen LogP contribution in [0.4, 0.5) is 4.79 Å². The van der Waals surface area contributed by atoms with E-state index in [0.717, 1.165) is 5.56 Å². The van der Waals surface area contributed by atoms with E-state index in [4.69, 9.17) is 10.5 Å². The molecule has 1 aromatic carbocycles. The lowest BCUT2D eigenvalue weighted by molar-refractivity contribution is -0.142. The van der Waals surface area contributed by atoms with Crippen LogP contribution in [-0.4, -0.2) is 59.3 Å². The normalized spacial score (nSPS) is 13.9. The van der Waals surface area contributed by atoms with Gasteiger partial charge in [-0.15, -0.1) is 0 Å². The summed E-state index contributed by atoms with van der Waals surface area (Å²) in [5.74, 6) is -2.13. The van der Waals surface area contributed by atoms with Crippen LogP contribution in [0.15, 0.2) is 30.3 Å². The molecule has 36 heavy (non-hydrogen) atoms. The summed E-state index contributed by atoms with van der Waals surface area (Å²) >= 11 is 0. The van der Waals surface area contributed by atoms with Crippen LogP contribution in [0.2, 0.25) is 0 Å². The van der Waals surface area contributed by atoms with Gasteiger partial charge in [0.2, 0.25) is 11.8 Å². The van der Waals surface area contributed by atoms with Gasteiger partial charge in [-0.1, -0.05) is 44.2 Å². The molecule has 0 unspecified atom stereocenters. The van der Waals surface area contributed by atoms with Crippen molar-refractivity contribution in [1.29, 1.82) is 0 Å². The molecule has 0 aliphatic heterocycles. The average Bonchev–Trinajstić information content (AvgIpc) is 2.76. The molecular formula is C26H42N4O6. The monoisotopic (exact) mass is 506 g/mol. The smallest absolute Gasteiger partial charge is 0.407 e. The lowest BCUT2D eigenvalue weighted by Gasteiger charge is -2.24. The number of nitrogens with one attached hydrogen (secondary N) is 3. The number of carboxylic acid groups (broad SMARTS) is 1. The second-order valence-electron chi connectivity index (χ2n) is 10.3. The Morgan fingerprint density at radius 2 is 1.58 bits per heavy atom. The predicted octanol–water partition coefficient (Wildman–Crippen LogP) is 2.35. The van der Waals surface area contributed by atoms with Gasteiger partial charge in [-0.05, 0) is 64.4 Å². The summed E-state index contributed by atoms with van der Waals surface area (Å²) in [6.45, 7) is 9.42. The van der Waals surface area contributed by atoms with Crippen LogP contribution in [0.1, 0.15) is 65.9 Å². The van der Waals surface area contributed by atoms with Gasteiger partial charge in [-0.25, -0.2) is 9.59 Å². The Labute approximate surface area is 213 Å². The van der Waals surface area contributed by atoms with E-state index in [1.807, 2.05) is 44.2 Å². The Kier molecular flexibility index (Phi) is 12.9. The molecular weight excluding hydrogens is 464 g/mol. The second kappa shape index (κ2) is 15.1. The van der Waals surface area contributed by atoms with Crippen LogP contribution in [-0.2, 0) is 25.5 Å². The predicted molar refractivity (Wildman–Crippen MR) is 137 cm³/mol. The number of ether oxygens (including phenoxy) is 1. The molecule has 10 nitrogen and oxygen atoms in total. The Hall–Kier alpha value is -3.14. The molecule has 0 radical (unpaired) electrons. The number of rotatable bonds is 14. The van der Waals surface area contributed by atoms with Gasteiger partial charge in [0.25, 0.3) is 0 Å². The number of aliphatic carboxylic acids is 1. The molecule has 0 heterocycles. The molecule has 1 aromatic rings. The Balaban J connectivity index is 2.62. The first kappa shape index (κ1) is 30.9. The van der Waals surface area contributed by atoms with Crippen LogP contribution in [0.25, 0.3) is 0 Å². The van der Waals surface area contributed by atoms with Gasteiger partial charge in [0.1, 0.15) is 17.7 Å². The van der Waals surface area contributed by atoms with Crippen LogP contribution in [0.3, 0.4) is 0 Å². The van der Waals surface area contributed by atoms with Crippen molar-refractivity contribution in [3.8, 4) is 0 Å². The summed E-state index contributed by atoms with van der Waals surface area (Å²) in [6.07, 6.45) is 1.26. The van der Waals surface area contributed by atoms with Crippen molar-refractivity contribution in [2.24, 2.45) is 11.7 Å². The lowest BCUT2D eigenvalue weighted by atomic mass is 10.0. The highest BCUT2D eigenvalue weighted by Crippen LogP contribution is 2.10. The summed E-state index contributed by atoms with van der Waals surface area (Å²) in [7, 11) is 0. The molecule has 0 saturated heterocycles. The summed E-state index contributed by atoms with van der Waals surface area (Å²) in [4.78, 5) is 49.0. The van der Waals surface area contributed by atoms with Gasteiger partial charge >= 0.3 is 12.1 Å². The number of hydrogen-bond donors (Lipinski definition) is 5. The van der Waals surface area contributed by atoms with E-state index < -0.39 is 47.6 Å². The number of benzene rings is 1. The summed E-state index contributed by atoms with van der Waals surface area (Å²) in [5, 5.41) is 17.4. The molecule has 202 valence electrons. The number of alkyl carbamates (subject to hydrolysis) is 1. The molecule has 3 atom stereocenters. The fraction of sp³-hybridized carbons (Fsp3) is 0.615. The van der Waals surface area contributed by atoms with E-state index in [2.05, 4.69) is 16.0 Å². The molecule has 0 fully saturated rings. The van der Waals surface area contributed by atoms with E-state index in [1.165, 1.54) is 0 Å². The van der Waals surface area contributed by atoms with Crippen LogP contribution in [0.5, 0.6) is 0 Å². The number of nitrogens with two attached hydrogens (primary N) is 1. The maximum absolute atomic E-state index is 12.9. The number of carboxylic acids is 1. The third kappa shape index (κ3) is 13.1. The van der Waals surface area contributed by atoms with E-state index in [1.54, 1.807) is 20.8 Å². The first-order valence-electron chi connectivity index (χ1n) is 12.4. The fourth-order valence-electron chi connectivity index (χ4n) is 3.45. The summed E-state index contributed by atoms with van der Waals surface area (Å²) in [5.41, 5.74) is 6.35. The molecule has 0 aliphatic carbocycles. The minimum absolute atomic E-state index is 0.0774. The zero-order chi connectivity index (χ0) is 27.3. The van der Waals surface area contributed by atoms with E-state index >= 15 is 0 Å². The van der Waals surface area contributed by atoms with Crippen molar-refractivity contribution in [1.82, 2.24) is 16.0 Å². The van der Waals surface area contributed by atoms with Crippen molar-refractivity contribution in [2.45, 2.75) is 90.4 Å². The zero-order valence-electron chi connectivity index (χ0n) is 22.0. The molecule has 0 bridgehead atoms. The molecule has 10 heteroatoms. The highest BCUT2D eigenvalue weighted by molar-refractivity contribution is 5.91. The van der Waals surface area contributed by atoms with E-state index in [0.29, 0.717) is 32.2 Å². The number of carbonyl (C=O) groups is 4. The molecule has 3 amide bonds. The maximum Gasteiger partial charge on any atom is 0.407 e. The molecule has 0 spiro atoms. The van der Waals surface area contributed by atoms with Crippen molar-refractivity contribution >= 4 is 23.9 Å². The number of carbonyl (C=O) groups excluding carboxylic acids is 3. The average molecular weight is 507 g/mol. The SMILES string of the molecule is CC(C)C[C@@H](NC(=O)[C@H](N)Cc1ccccc1)C(=O)N[C@H](CCCCNC(=O)OC(C)(C)C)C(=O)O. The summed E-state index contributed by atoms with van der Waals surface area (Å²) < 4.78 is 5.15. The minimum atomic E-state index is -1.17. The molecule has 1 rings (SSSR count). The number of hydrogen-bond acceptors (Lipinski definition) is 6. The van der Waals surface area contributed by atoms with Gasteiger partial charge < -0.3 is 31.5 Å². The van der Waals surface area contributed by atoms with Gasteiger partial charge in [0, 0.05) is 6.54 Å². The van der Waals surface area contributed by atoms with E-state index in [9.17, 15) is 24.3 Å². The summed E-state index contributed by atoms with van der Waals surface area (Å²) in [6, 6.07) is 6.44. The Morgan fingerprint density at radius 3 is 2.14 bits per heavy atom. The topological polar surface area (TPSA) is 160 Å². The van der Waals surface area contributed by atoms with Crippen molar-refractivity contribution in [3.63, 3.8) is 0 Å². The van der Waals surface area contributed by atoms with Crippen LogP contribution in [0, 0.1) is 5.92 Å². The molecule has 6 N–H and O–H groups in total. The fourth-order valence-corrected chi connectivity index (χ4v) is 3.45. The minimum Gasteiger partial charge on any atom is -0.480 e. The standard InChI is InChI=1S/C26H42N4O6/c1-17(2)15-21(30-22(31)19(27)16-18-11-7-6-8-12-18)23(32)29-20(24(33)34)13-9-10-14-28-25(35)36-26(3,4)5/h6-8,11-12,17,19-21H,9-10,13-16,27H2,1-5H3,(H,28,35)(H,29,32)(H,30,31)(H,33,34)/t19-,20-,21-/m1/s1. The Morgan fingerprint density at radius 1 is 0.972 bits per heavy atom. The molecule has 0 aliphatic rings.